The van der Waals surface area contributed by atoms with E-state index in [-0.39, 0.29) is 5.70 Å². The van der Waals surface area contributed by atoms with E-state index in [1.807, 2.05) is 0 Å². The van der Waals surface area contributed by atoms with Crippen molar-refractivity contribution in [3.05, 3.63) is 22.9 Å². The van der Waals surface area contributed by atoms with Crippen LogP contribution in [0.2, 0.25) is 0 Å². The topological polar surface area (TPSA) is 38.3 Å². The van der Waals surface area contributed by atoms with Crippen LogP contribution in [0.25, 0.3) is 0 Å². The number of alkyl halides is 1. The molecule has 0 bridgehead atoms. The number of hydrogen-bond donors (Lipinski definition) is 1. The highest BCUT2D eigenvalue weighted by Gasteiger charge is 2.18. The van der Waals surface area contributed by atoms with Crippen molar-refractivity contribution in [2.45, 2.75) is 5.50 Å². The van der Waals surface area contributed by atoms with E-state index in [4.69, 9.17) is 23.2 Å². The molecule has 0 aromatic rings. The van der Waals surface area contributed by atoms with Crippen LogP contribution in [0.15, 0.2) is 22.9 Å². The quantitative estimate of drug-likeness (QED) is 0.401. The van der Waals surface area contributed by atoms with Gasteiger partial charge >= 0.3 is 5.97 Å². The highest BCUT2D eigenvalue weighted by atomic mass is 35.5. The van der Waals surface area contributed by atoms with Gasteiger partial charge in [0.1, 0.15) is 11.2 Å². The Kier molecular flexibility index (Phi) is 3.00. The standard InChI is InChI=1S/C7H7Cl2NO2/c1-12-7(11)6-4(8)2-3-5(9)10-6/h2-3,5,10H,1H3. The molecule has 0 aromatic carbocycles. The second kappa shape index (κ2) is 3.83. The zero-order valence-corrected chi connectivity index (χ0v) is 7.82. The Hall–Kier alpha value is -0.670. The van der Waals surface area contributed by atoms with Gasteiger partial charge in [-0.15, -0.1) is 0 Å². The van der Waals surface area contributed by atoms with Crippen molar-refractivity contribution >= 4 is 29.2 Å². The lowest BCUT2D eigenvalue weighted by atomic mass is 10.3. The Labute approximate surface area is 80.0 Å². The van der Waals surface area contributed by atoms with E-state index >= 15 is 0 Å². The fourth-order valence-corrected chi connectivity index (χ4v) is 1.15. The predicted octanol–water partition coefficient (Wildman–Crippen LogP) is 1.33. The number of halogens is 2. The maximum atomic E-state index is 11.0. The maximum Gasteiger partial charge on any atom is 0.355 e. The average Bonchev–Trinajstić information content (AvgIpc) is 2.08. The molecule has 0 fully saturated rings. The van der Waals surface area contributed by atoms with Gasteiger partial charge in [-0.05, 0) is 12.2 Å². The summed E-state index contributed by atoms with van der Waals surface area (Å²) in [7, 11) is 1.28. The first-order valence-electron chi connectivity index (χ1n) is 3.22. The van der Waals surface area contributed by atoms with E-state index in [1.165, 1.54) is 7.11 Å². The van der Waals surface area contributed by atoms with Gasteiger partial charge in [0.05, 0.1) is 12.1 Å². The van der Waals surface area contributed by atoms with Crippen molar-refractivity contribution in [3.63, 3.8) is 0 Å². The van der Waals surface area contributed by atoms with Crippen molar-refractivity contribution in [2.24, 2.45) is 0 Å². The smallest absolute Gasteiger partial charge is 0.355 e. The van der Waals surface area contributed by atoms with Crippen LogP contribution in [-0.4, -0.2) is 18.6 Å². The Morgan fingerprint density at radius 1 is 1.75 bits per heavy atom. The van der Waals surface area contributed by atoms with Crippen molar-refractivity contribution < 1.29 is 9.53 Å². The Balaban J connectivity index is 2.86. The molecule has 0 saturated heterocycles. The summed E-state index contributed by atoms with van der Waals surface area (Å²) in [5, 5.41) is 2.97. The van der Waals surface area contributed by atoms with Crippen molar-refractivity contribution in [2.75, 3.05) is 7.11 Å². The molecule has 0 aromatic heterocycles. The molecule has 1 N–H and O–H groups in total. The first-order chi connectivity index (χ1) is 5.65. The summed E-state index contributed by atoms with van der Waals surface area (Å²) in [5.74, 6) is -0.519. The Morgan fingerprint density at radius 3 is 3.00 bits per heavy atom. The highest BCUT2D eigenvalue weighted by molar-refractivity contribution is 6.34. The number of carbonyl (C=O) groups excluding carboxylic acids is 1. The summed E-state index contributed by atoms with van der Waals surface area (Å²) < 4.78 is 4.47. The third-order valence-corrected chi connectivity index (χ3v) is 1.89. The summed E-state index contributed by atoms with van der Waals surface area (Å²) in [6.45, 7) is 0. The molecular weight excluding hydrogens is 201 g/mol. The molecule has 0 spiro atoms. The predicted molar refractivity (Wildman–Crippen MR) is 46.8 cm³/mol. The lowest BCUT2D eigenvalue weighted by Gasteiger charge is -2.16. The minimum atomic E-state index is -0.519. The van der Waals surface area contributed by atoms with Crippen LogP contribution in [0.4, 0.5) is 0 Å². The van der Waals surface area contributed by atoms with Gasteiger partial charge in [0.2, 0.25) is 0 Å². The summed E-state index contributed by atoms with van der Waals surface area (Å²) in [6.07, 6.45) is 3.19. The van der Waals surface area contributed by atoms with E-state index in [1.54, 1.807) is 12.2 Å². The molecule has 66 valence electrons. The minimum absolute atomic E-state index is 0.196. The maximum absolute atomic E-state index is 11.0. The van der Waals surface area contributed by atoms with E-state index in [2.05, 4.69) is 10.1 Å². The average molecular weight is 208 g/mol. The van der Waals surface area contributed by atoms with Gasteiger partial charge in [-0.1, -0.05) is 23.2 Å². The van der Waals surface area contributed by atoms with Gasteiger partial charge in [0, 0.05) is 0 Å². The molecule has 1 atom stereocenters. The summed E-state index contributed by atoms with van der Waals surface area (Å²) in [5.41, 5.74) is -0.219. The number of allylic oxidation sites excluding steroid dienone is 2. The monoisotopic (exact) mass is 207 g/mol. The molecule has 0 aliphatic carbocycles. The number of esters is 1. The van der Waals surface area contributed by atoms with Crippen LogP contribution in [0, 0.1) is 0 Å². The van der Waals surface area contributed by atoms with Gasteiger partial charge in [0.25, 0.3) is 0 Å². The number of dihydropyridines is 1. The molecular formula is C7H7Cl2NO2. The SMILES string of the molecule is COC(=O)C1=C(Cl)C=CC(Cl)N1. The number of carbonyl (C=O) groups is 1. The van der Waals surface area contributed by atoms with E-state index in [0.29, 0.717) is 5.03 Å². The normalized spacial score (nSPS) is 22.1. The van der Waals surface area contributed by atoms with Gasteiger partial charge in [-0.2, -0.15) is 0 Å². The van der Waals surface area contributed by atoms with Crippen molar-refractivity contribution in [1.82, 2.24) is 5.32 Å². The number of ether oxygens (including phenoxy) is 1. The Morgan fingerprint density at radius 2 is 2.42 bits per heavy atom. The fraction of sp³-hybridized carbons (Fsp3) is 0.286. The van der Waals surface area contributed by atoms with E-state index in [0.717, 1.165) is 0 Å². The number of nitrogens with one attached hydrogen (secondary N) is 1. The van der Waals surface area contributed by atoms with Crippen LogP contribution in [0.1, 0.15) is 0 Å². The molecule has 5 heteroatoms. The first kappa shape index (κ1) is 9.42. The summed E-state index contributed by atoms with van der Waals surface area (Å²) >= 11 is 11.4. The molecule has 1 unspecified atom stereocenters. The van der Waals surface area contributed by atoms with Gasteiger partial charge in [-0.3, -0.25) is 0 Å². The third kappa shape index (κ3) is 1.93. The number of rotatable bonds is 1. The zero-order chi connectivity index (χ0) is 9.14. The lowest BCUT2D eigenvalue weighted by molar-refractivity contribution is -0.136. The van der Waals surface area contributed by atoms with Crippen LogP contribution >= 0.6 is 23.2 Å². The van der Waals surface area contributed by atoms with Gasteiger partial charge < -0.3 is 10.1 Å². The first-order valence-corrected chi connectivity index (χ1v) is 4.03. The largest absolute Gasteiger partial charge is 0.464 e. The zero-order valence-electron chi connectivity index (χ0n) is 6.30. The van der Waals surface area contributed by atoms with Crippen molar-refractivity contribution in [1.29, 1.82) is 0 Å². The van der Waals surface area contributed by atoms with Gasteiger partial charge in [0.15, 0.2) is 0 Å². The second-order valence-corrected chi connectivity index (χ2v) is 3.00. The number of hydrogen-bond acceptors (Lipinski definition) is 3. The molecule has 3 nitrogen and oxygen atoms in total. The van der Waals surface area contributed by atoms with Crippen LogP contribution in [0.5, 0.6) is 0 Å². The number of methoxy groups -OCH3 is 1. The molecule has 1 heterocycles. The minimum Gasteiger partial charge on any atom is -0.464 e. The Bertz CT molecular complexity index is 260. The second-order valence-electron chi connectivity index (χ2n) is 2.12. The summed E-state index contributed by atoms with van der Waals surface area (Å²) in [6, 6.07) is 0. The molecule has 0 radical (unpaired) electrons. The third-order valence-electron chi connectivity index (χ3n) is 1.32. The van der Waals surface area contributed by atoms with Gasteiger partial charge in [-0.25, -0.2) is 4.79 Å². The molecule has 0 saturated carbocycles. The van der Waals surface area contributed by atoms with Crippen molar-refractivity contribution in [3.8, 4) is 0 Å². The van der Waals surface area contributed by atoms with E-state index < -0.39 is 11.5 Å². The van der Waals surface area contributed by atoms with Crippen LogP contribution in [-0.2, 0) is 9.53 Å². The molecule has 1 aliphatic heterocycles. The molecule has 0 amide bonds. The van der Waals surface area contributed by atoms with E-state index in [9.17, 15) is 4.79 Å². The molecule has 1 rings (SSSR count). The van der Waals surface area contributed by atoms with Crippen LogP contribution < -0.4 is 5.32 Å². The van der Waals surface area contributed by atoms with Crippen LogP contribution in [0.3, 0.4) is 0 Å². The molecule has 1 aliphatic rings. The lowest BCUT2D eigenvalue weighted by Crippen LogP contribution is -2.30. The highest BCUT2D eigenvalue weighted by Crippen LogP contribution is 2.17. The summed E-state index contributed by atoms with van der Waals surface area (Å²) in [4.78, 5) is 11.0. The fourth-order valence-electron chi connectivity index (χ4n) is 0.766. The molecule has 12 heavy (non-hydrogen) atoms.